The van der Waals surface area contributed by atoms with E-state index in [0.29, 0.717) is 11.9 Å². The van der Waals surface area contributed by atoms with Gasteiger partial charge in [-0.25, -0.2) is 4.98 Å². The lowest BCUT2D eigenvalue weighted by Crippen LogP contribution is -2.37. The Bertz CT molecular complexity index is 323. The van der Waals surface area contributed by atoms with Crippen LogP contribution in [0.1, 0.15) is 12.8 Å². The van der Waals surface area contributed by atoms with Crippen molar-refractivity contribution in [3.8, 4) is 0 Å². The minimum atomic E-state index is 0.519. The molecule has 4 heteroatoms. The summed E-state index contributed by atoms with van der Waals surface area (Å²) in [7, 11) is 2.07. The van der Waals surface area contributed by atoms with Crippen LogP contribution in [0.25, 0.3) is 0 Å². The molecular formula is C11H17N3O. The Hall–Kier alpha value is -1.29. The predicted molar refractivity (Wildman–Crippen MR) is 60.9 cm³/mol. The fourth-order valence-corrected chi connectivity index (χ4v) is 1.98. The number of pyridine rings is 1. The summed E-state index contributed by atoms with van der Waals surface area (Å²) < 4.78 is 5.34. The van der Waals surface area contributed by atoms with E-state index in [2.05, 4.69) is 16.9 Å². The zero-order chi connectivity index (χ0) is 10.7. The molecule has 1 saturated heterocycles. The molecule has 1 aromatic rings. The van der Waals surface area contributed by atoms with Crippen LogP contribution in [0.4, 0.5) is 11.5 Å². The molecule has 15 heavy (non-hydrogen) atoms. The zero-order valence-corrected chi connectivity index (χ0v) is 9.02. The van der Waals surface area contributed by atoms with Crippen LogP contribution < -0.4 is 10.6 Å². The number of hydrogen-bond donors (Lipinski definition) is 1. The van der Waals surface area contributed by atoms with Crippen LogP contribution in [0.5, 0.6) is 0 Å². The van der Waals surface area contributed by atoms with Crippen molar-refractivity contribution in [2.24, 2.45) is 0 Å². The van der Waals surface area contributed by atoms with Crippen LogP contribution in [0.2, 0.25) is 0 Å². The second kappa shape index (κ2) is 4.49. The predicted octanol–water partition coefficient (Wildman–Crippen LogP) is 1.28. The lowest BCUT2D eigenvalue weighted by molar-refractivity contribution is 0.0855. The SMILES string of the molecule is CN(c1cccnc1N)C1CCOCC1. The van der Waals surface area contributed by atoms with Gasteiger partial charge in [0.05, 0.1) is 5.69 Å². The van der Waals surface area contributed by atoms with Crippen LogP contribution in [-0.4, -0.2) is 31.3 Å². The summed E-state index contributed by atoms with van der Waals surface area (Å²) in [6, 6.07) is 4.45. The number of rotatable bonds is 2. The van der Waals surface area contributed by atoms with Gasteiger partial charge in [-0.2, -0.15) is 0 Å². The number of hydrogen-bond acceptors (Lipinski definition) is 4. The van der Waals surface area contributed by atoms with Crippen LogP contribution in [0.3, 0.4) is 0 Å². The smallest absolute Gasteiger partial charge is 0.146 e. The Morgan fingerprint density at radius 1 is 1.47 bits per heavy atom. The van der Waals surface area contributed by atoms with E-state index >= 15 is 0 Å². The highest BCUT2D eigenvalue weighted by Gasteiger charge is 2.19. The van der Waals surface area contributed by atoms with Gasteiger partial charge < -0.3 is 15.4 Å². The first-order chi connectivity index (χ1) is 7.29. The highest BCUT2D eigenvalue weighted by Crippen LogP contribution is 2.24. The first kappa shape index (κ1) is 10.2. The Kier molecular flexibility index (Phi) is 3.06. The largest absolute Gasteiger partial charge is 0.382 e. The number of nitrogens with zero attached hydrogens (tertiary/aromatic N) is 2. The molecule has 1 aliphatic heterocycles. The molecule has 1 aliphatic rings. The summed E-state index contributed by atoms with van der Waals surface area (Å²) in [6.45, 7) is 1.68. The minimum Gasteiger partial charge on any atom is -0.382 e. The maximum atomic E-state index is 5.84. The van der Waals surface area contributed by atoms with E-state index in [4.69, 9.17) is 10.5 Å². The average molecular weight is 207 g/mol. The van der Waals surface area contributed by atoms with Crippen LogP contribution in [0.15, 0.2) is 18.3 Å². The van der Waals surface area contributed by atoms with Crippen LogP contribution in [0, 0.1) is 0 Å². The van der Waals surface area contributed by atoms with E-state index < -0.39 is 0 Å². The van der Waals surface area contributed by atoms with Gasteiger partial charge in [-0.05, 0) is 25.0 Å². The number of nitrogen functional groups attached to an aromatic ring is 1. The molecule has 1 aromatic heterocycles. The molecular weight excluding hydrogens is 190 g/mol. The third-order valence-corrected chi connectivity index (χ3v) is 2.93. The summed E-state index contributed by atoms with van der Waals surface area (Å²) in [5.41, 5.74) is 6.86. The Morgan fingerprint density at radius 2 is 2.20 bits per heavy atom. The Morgan fingerprint density at radius 3 is 2.87 bits per heavy atom. The van der Waals surface area contributed by atoms with Crippen LogP contribution >= 0.6 is 0 Å². The summed E-state index contributed by atoms with van der Waals surface area (Å²) >= 11 is 0. The lowest BCUT2D eigenvalue weighted by Gasteiger charge is -2.33. The van der Waals surface area contributed by atoms with Gasteiger partial charge >= 0.3 is 0 Å². The van der Waals surface area contributed by atoms with E-state index in [1.54, 1.807) is 6.20 Å². The molecule has 0 saturated carbocycles. The molecule has 0 radical (unpaired) electrons. The molecule has 0 unspecified atom stereocenters. The molecule has 4 nitrogen and oxygen atoms in total. The van der Waals surface area contributed by atoms with Crippen LogP contribution in [-0.2, 0) is 4.74 Å². The summed E-state index contributed by atoms with van der Waals surface area (Å²) in [5, 5.41) is 0. The third kappa shape index (κ3) is 2.21. The molecule has 2 rings (SSSR count). The molecule has 0 spiro atoms. The molecule has 2 heterocycles. The van der Waals surface area contributed by atoms with Gasteiger partial charge in [-0.15, -0.1) is 0 Å². The second-order valence-electron chi connectivity index (χ2n) is 3.86. The molecule has 0 aliphatic carbocycles. The fraction of sp³-hybridized carbons (Fsp3) is 0.545. The maximum Gasteiger partial charge on any atom is 0.146 e. The zero-order valence-electron chi connectivity index (χ0n) is 9.02. The van der Waals surface area contributed by atoms with Crippen molar-refractivity contribution in [2.75, 3.05) is 30.9 Å². The topological polar surface area (TPSA) is 51.4 Å². The quantitative estimate of drug-likeness (QED) is 0.793. The first-order valence-corrected chi connectivity index (χ1v) is 5.30. The van der Waals surface area contributed by atoms with Gasteiger partial charge in [-0.1, -0.05) is 0 Å². The Labute approximate surface area is 90.0 Å². The van der Waals surface area contributed by atoms with Gasteiger partial charge in [-0.3, -0.25) is 0 Å². The summed E-state index contributed by atoms with van der Waals surface area (Å²) in [5.74, 6) is 0.603. The van der Waals surface area contributed by atoms with Crippen molar-refractivity contribution in [1.82, 2.24) is 4.98 Å². The molecule has 1 fully saturated rings. The highest BCUT2D eigenvalue weighted by atomic mass is 16.5. The van der Waals surface area contributed by atoms with Crippen molar-refractivity contribution in [1.29, 1.82) is 0 Å². The van der Waals surface area contributed by atoms with Crippen molar-refractivity contribution < 1.29 is 4.74 Å². The second-order valence-corrected chi connectivity index (χ2v) is 3.86. The van der Waals surface area contributed by atoms with Gasteiger partial charge in [0.1, 0.15) is 5.82 Å². The van der Waals surface area contributed by atoms with E-state index in [0.717, 1.165) is 31.7 Å². The average Bonchev–Trinajstić information content (AvgIpc) is 2.30. The number of anilines is 2. The van der Waals surface area contributed by atoms with E-state index in [9.17, 15) is 0 Å². The number of aromatic nitrogens is 1. The minimum absolute atomic E-state index is 0.519. The first-order valence-electron chi connectivity index (χ1n) is 5.30. The van der Waals surface area contributed by atoms with Gasteiger partial charge in [0.2, 0.25) is 0 Å². The van der Waals surface area contributed by atoms with Crippen molar-refractivity contribution >= 4 is 11.5 Å². The van der Waals surface area contributed by atoms with Crippen molar-refractivity contribution in [3.63, 3.8) is 0 Å². The third-order valence-electron chi connectivity index (χ3n) is 2.93. The number of ether oxygens (including phenoxy) is 1. The molecule has 0 atom stereocenters. The van der Waals surface area contributed by atoms with Gasteiger partial charge in [0.15, 0.2) is 0 Å². The molecule has 2 N–H and O–H groups in total. The maximum absolute atomic E-state index is 5.84. The van der Waals surface area contributed by atoms with Gasteiger partial charge in [0.25, 0.3) is 0 Å². The van der Waals surface area contributed by atoms with E-state index in [-0.39, 0.29) is 0 Å². The monoisotopic (exact) mass is 207 g/mol. The highest BCUT2D eigenvalue weighted by molar-refractivity contribution is 5.62. The van der Waals surface area contributed by atoms with Crippen molar-refractivity contribution in [2.45, 2.75) is 18.9 Å². The molecule has 0 bridgehead atoms. The van der Waals surface area contributed by atoms with Gasteiger partial charge in [0, 0.05) is 32.5 Å². The summed E-state index contributed by atoms with van der Waals surface area (Å²) in [4.78, 5) is 6.31. The summed E-state index contributed by atoms with van der Waals surface area (Å²) in [6.07, 6.45) is 3.84. The molecule has 0 amide bonds. The molecule has 0 aromatic carbocycles. The lowest BCUT2D eigenvalue weighted by atomic mass is 10.1. The van der Waals surface area contributed by atoms with E-state index in [1.807, 2.05) is 12.1 Å². The van der Waals surface area contributed by atoms with Crippen molar-refractivity contribution in [3.05, 3.63) is 18.3 Å². The molecule has 82 valence electrons. The Balaban J connectivity index is 2.12. The number of nitrogens with two attached hydrogens (primary N) is 1. The standard InChI is InChI=1S/C11H17N3O/c1-14(9-4-7-15-8-5-9)10-3-2-6-13-11(10)12/h2-3,6,9H,4-5,7-8H2,1H3,(H2,12,13). The normalized spacial score (nSPS) is 17.7. The van der Waals surface area contributed by atoms with E-state index in [1.165, 1.54) is 0 Å². The fourth-order valence-electron chi connectivity index (χ4n) is 1.98.